The monoisotopic (exact) mass is 256 g/mol. The van der Waals surface area contributed by atoms with E-state index in [2.05, 4.69) is 54.0 Å². The summed E-state index contributed by atoms with van der Waals surface area (Å²) in [7, 11) is 1.77. The Balaban J connectivity index is 1.98. The maximum absolute atomic E-state index is 11.3. The molecule has 19 heavy (non-hydrogen) atoms. The minimum Gasteiger partial charge on any atom is -0.355 e. The smallest absolute Gasteiger partial charge is 0.233 e. The molecule has 0 aliphatic heterocycles. The second kappa shape index (κ2) is 6.34. The summed E-state index contributed by atoms with van der Waals surface area (Å²) in [6, 6.07) is 12.9. The second-order valence-electron chi connectivity index (χ2n) is 4.82. The molecule has 0 saturated heterocycles. The number of rotatable bonds is 5. The molecule has 100 valence electrons. The molecule has 0 heterocycles. The van der Waals surface area contributed by atoms with E-state index in [-0.39, 0.29) is 5.91 Å². The number of hydrogen-bond acceptors (Lipinski definition) is 2. The van der Waals surface area contributed by atoms with Gasteiger partial charge < -0.3 is 10.6 Å². The van der Waals surface area contributed by atoms with E-state index in [0.717, 1.165) is 6.42 Å². The molecule has 2 rings (SSSR count). The van der Waals surface area contributed by atoms with Gasteiger partial charge in [0, 0.05) is 6.54 Å². The standard InChI is InChI=1S/C16H20N2O/c1-12-3-5-15-10-13(4-6-14(15)9-12)7-8-18-16(19)11-17-2/h3-6,9-10,17H,7-8,11H2,1-2H3,(H,18,19). The molecule has 2 aromatic carbocycles. The van der Waals surface area contributed by atoms with Crippen LogP contribution < -0.4 is 10.6 Å². The van der Waals surface area contributed by atoms with E-state index >= 15 is 0 Å². The highest BCUT2D eigenvalue weighted by molar-refractivity contribution is 5.83. The second-order valence-corrected chi connectivity index (χ2v) is 4.82. The molecule has 2 aromatic rings. The lowest BCUT2D eigenvalue weighted by Gasteiger charge is -2.06. The van der Waals surface area contributed by atoms with Crippen LogP contribution in [-0.2, 0) is 11.2 Å². The summed E-state index contributed by atoms with van der Waals surface area (Å²) >= 11 is 0. The van der Waals surface area contributed by atoms with Crippen molar-refractivity contribution < 1.29 is 4.79 Å². The lowest BCUT2D eigenvalue weighted by molar-refractivity contribution is -0.120. The Morgan fingerprint density at radius 1 is 1.11 bits per heavy atom. The molecule has 0 spiro atoms. The summed E-state index contributed by atoms with van der Waals surface area (Å²) in [4.78, 5) is 11.3. The molecule has 0 aromatic heterocycles. The number of amides is 1. The van der Waals surface area contributed by atoms with Crippen molar-refractivity contribution in [1.29, 1.82) is 0 Å². The van der Waals surface area contributed by atoms with Gasteiger partial charge in [0.25, 0.3) is 0 Å². The third kappa shape index (κ3) is 3.80. The van der Waals surface area contributed by atoms with Gasteiger partial charge in [-0.25, -0.2) is 0 Å². The number of carbonyl (C=O) groups is 1. The van der Waals surface area contributed by atoms with Gasteiger partial charge in [-0.1, -0.05) is 42.0 Å². The van der Waals surface area contributed by atoms with Gasteiger partial charge in [-0.3, -0.25) is 4.79 Å². The van der Waals surface area contributed by atoms with Gasteiger partial charge in [0.1, 0.15) is 0 Å². The molecule has 1 amide bonds. The van der Waals surface area contributed by atoms with E-state index in [9.17, 15) is 4.79 Å². The van der Waals surface area contributed by atoms with Crippen molar-refractivity contribution in [2.45, 2.75) is 13.3 Å². The van der Waals surface area contributed by atoms with Gasteiger partial charge in [-0.2, -0.15) is 0 Å². The maximum atomic E-state index is 11.3. The number of nitrogens with one attached hydrogen (secondary N) is 2. The predicted molar refractivity (Wildman–Crippen MR) is 79.3 cm³/mol. The van der Waals surface area contributed by atoms with Crippen LogP contribution in [0.4, 0.5) is 0 Å². The zero-order chi connectivity index (χ0) is 13.7. The summed E-state index contributed by atoms with van der Waals surface area (Å²) in [5.74, 6) is 0.0407. The van der Waals surface area contributed by atoms with Crippen LogP contribution in [0, 0.1) is 6.92 Å². The van der Waals surface area contributed by atoms with E-state index < -0.39 is 0 Å². The molecule has 0 fully saturated rings. The number of hydrogen-bond donors (Lipinski definition) is 2. The van der Waals surface area contributed by atoms with Crippen molar-refractivity contribution in [3.63, 3.8) is 0 Å². The van der Waals surface area contributed by atoms with Crippen LogP contribution in [0.1, 0.15) is 11.1 Å². The maximum Gasteiger partial charge on any atom is 0.233 e. The highest BCUT2D eigenvalue weighted by atomic mass is 16.1. The normalized spacial score (nSPS) is 10.6. The molecule has 3 nitrogen and oxygen atoms in total. The van der Waals surface area contributed by atoms with E-state index in [0.29, 0.717) is 13.1 Å². The van der Waals surface area contributed by atoms with Crippen molar-refractivity contribution in [2.24, 2.45) is 0 Å². The quantitative estimate of drug-likeness (QED) is 0.859. The average Bonchev–Trinajstić information content (AvgIpc) is 2.39. The Labute approximate surface area is 114 Å². The van der Waals surface area contributed by atoms with E-state index in [1.165, 1.54) is 21.9 Å². The number of carbonyl (C=O) groups excluding carboxylic acids is 1. The van der Waals surface area contributed by atoms with Crippen molar-refractivity contribution >= 4 is 16.7 Å². The molecular formula is C16H20N2O. The number of benzene rings is 2. The van der Waals surface area contributed by atoms with Crippen LogP contribution in [0.2, 0.25) is 0 Å². The zero-order valence-corrected chi connectivity index (χ0v) is 11.5. The van der Waals surface area contributed by atoms with E-state index in [1.807, 2.05) is 0 Å². The number of likely N-dealkylation sites (N-methyl/N-ethyl adjacent to an activating group) is 1. The average molecular weight is 256 g/mol. The van der Waals surface area contributed by atoms with Gasteiger partial charge in [-0.15, -0.1) is 0 Å². The summed E-state index contributed by atoms with van der Waals surface area (Å²) in [5, 5.41) is 8.24. The summed E-state index contributed by atoms with van der Waals surface area (Å²) in [6.45, 7) is 3.15. The number of aryl methyl sites for hydroxylation is 1. The zero-order valence-electron chi connectivity index (χ0n) is 11.5. The van der Waals surface area contributed by atoms with Crippen LogP contribution in [0.3, 0.4) is 0 Å². The molecule has 0 radical (unpaired) electrons. The molecule has 0 bridgehead atoms. The van der Waals surface area contributed by atoms with Crippen molar-refractivity contribution in [2.75, 3.05) is 20.1 Å². The third-order valence-corrected chi connectivity index (χ3v) is 3.13. The van der Waals surface area contributed by atoms with Gasteiger partial charge in [-0.05, 0) is 36.7 Å². The van der Waals surface area contributed by atoms with Crippen molar-refractivity contribution in [3.05, 3.63) is 47.5 Å². The Morgan fingerprint density at radius 2 is 1.84 bits per heavy atom. The summed E-state index contributed by atoms with van der Waals surface area (Å²) in [6.07, 6.45) is 0.860. The minimum absolute atomic E-state index is 0.0407. The molecule has 2 N–H and O–H groups in total. The Bertz CT molecular complexity index is 578. The summed E-state index contributed by atoms with van der Waals surface area (Å²) in [5.41, 5.74) is 2.53. The first-order valence-electron chi connectivity index (χ1n) is 6.59. The van der Waals surface area contributed by atoms with Crippen LogP contribution in [-0.4, -0.2) is 26.0 Å². The Kier molecular flexibility index (Phi) is 4.53. The van der Waals surface area contributed by atoms with E-state index in [1.54, 1.807) is 7.05 Å². The predicted octanol–water partition coefficient (Wildman–Crippen LogP) is 2.03. The molecule has 0 unspecified atom stereocenters. The lowest BCUT2D eigenvalue weighted by Crippen LogP contribution is -2.33. The highest BCUT2D eigenvalue weighted by Gasteiger charge is 2.00. The molecule has 0 saturated carbocycles. The van der Waals surface area contributed by atoms with Crippen LogP contribution in [0.5, 0.6) is 0 Å². The topological polar surface area (TPSA) is 41.1 Å². The minimum atomic E-state index is 0.0407. The van der Waals surface area contributed by atoms with Crippen LogP contribution in [0.25, 0.3) is 10.8 Å². The third-order valence-electron chi connectivity index (χ3n) is 3.13. The molecule has 0 aliphatic rings. The Morgan fingerprint density at radius 3 is 2.63 bits per heavy atom. The molecule has 0 atom stereocenters. The van der Waals surface area contributed by atoms with E-state index in [4.69, 9.17) is 0 Å². The van der Waals surface area contributed by atoms with Crippen LogP contribution in [0.15, 0.2) is 36.4 Å². The lowest BCUT2D eigenvalue weighted by atomic mass is 10.0. The van der Waals surface area contributed by atoms with Crippen molar-refractivity contribution in [1.82, 2.24) is 10.6 Å². The Hall–Kier alpha value is -1.87. The largest absolute Gasteiger partial charge is 0.355 e. The number of fused-ring (bicyclic) bond motifs is 1. The fourth-order valence-corrected chi connectivity index (χ4v) is 2.14. The molecule has 3 heteroatoms. The highest BCUT2D eigenvalue weighted by Crippen LogP contribution is 2.17. The fraction of sp³-hybridized carbons (Fsp3) is 0.312. The van der Waals surface area contributed by atoms with Crippen LogP contribution >= 0.6 is 0 Å². The van der Waals surface area contributed by atoms with Gasteiger partial charge in [0.05, 0.1) is 6.54 Å². The molecule has 0 aliphatic carbocycles. The SMILES string of the molecule is CNCC(=O)NCCc1ccc2cc(C)ccc2c1. The summed E-state index contributed by atoms with van der Waals surface area (Å²) < 4.78 is 0. The first-order chi connectivity index (χ1) is 9.19. The van der Waals surface area contributed by atoms with Gasteiger partial charge in [0.15, 0.2) is 0 Å². The first kappa shape index (κ1) is 13.6. The van der Waals surface area contributed by atoms with Gasteiger partial charge in [0.2, 0.25) is 5.91 Å². The molecular weight excluding hydrogens is 236 g/mol. The first-order valence-corrected chi connectivity index (χ1v) is 6.59. The van der Waals surface area contributed by atoms with Crippen molar-refractivity contribution in [3.8, 4) is 0 Å². The van der Waals surface area contributed by atoms with Gasteiger partial charge >= 0.3 is 0 Å². The fourth-order valence-electron chi connectivity index (χ4n) is 2.14.